The molecule has 3 rings (SSSR count). The van der Waals surface area contributed by atoms with Gasteiger partial charge in [-0.3, -0.25) is 0 Å². The van der Waals surface area contributed by atoms with E-state index in [1.807, 2.05) is 7.11 Å². The van der Waals surface area contributed by atoms with Crippen LogP contribution in [0.4, 0.5) is 0 Å². The van der Waals surface area contributed by atoms with Crippen LogP contribution in [0.5, 0.6) is 5.75 Å². The van der Waals surface area contributed by atoms with Gasteiger partial charge in [-0.2, -0.15) is 0 Å². The first kappa shape index (κ1) is 25.0. The predicted molar refractivity (Wildman–Crippen MR) is 148 cm³/mol. The summed E-state index contributed by atoms with van der Waals surface area (Å²) >= 11 is 0. The number of allylic oxidation sites excluding steroid dienone is 1. The fraction of sp³-hybridized carbons (Fsp3) is 0.517. The van der Waals surface area contributed by atoms with Gasteiger partial charge >= 0.3 is 0 Å². The van der Waals surface area contributed by atoms with Crippen molar-refractivity contribution in [1.82, 2.24) is 0 Å². The first-order valence-electron chi connectivity index (χ1n) is 12.0. The lowest BCUT2D eigenvalue weighted by atomic mass is 9.75. The van der Waals surface area contributed by atoms with E-state index < -0.39 is 16.1 Å². The molecule has 0 saturated carbocycles. The number of aryl methyl sites for hydroxylation is 1. The first-order valence-corrected chi connectivity index (χ1v) is 18.6. The topological polar surface area (TPSA) is 9.23 Å². The highest BCUT2D eigenvalue weighted by Crippen LogP contribution is 2.52. The van der Waals surface area contributed by atoms with Crippen LogP contribution in [-0.2, 0) is 5.41 Å². The van der Waals surface area contributed by atoms with E-state index in [2.05, 4.69) is 117 Å². The van der Waals surface area contributed by atoms with Crippen LogP contribution >= 0.6 is 0 Å². The quantitative estimate of drug-likeness (QED) is 0.407. The van der Waals surface area contributed by atoms with E-state index in [1.165, 1.54) is 27.4 Å². The van der Waals surface area contributed by atoms with Gasteiger partial charge in [-0.1, -0.05) is 121 Å². The predicted octanol–water partition coefficient (Wildman–Crippen LogP) is 8.05. The van der Waals surface area contributed by atoms with Crippen molar-refractivity contribution in [3.8, 4) is 5.75 Å². The summed E-state index contributed by atoms with van der Waals surface area (Å²) in [6.45, 7) is 26.8. The van der Waals surface area contributed by atoms with Crippen molar-refractivity contribution < 1.29 is 4.74 Å². The zero-order valence-corrected chi connectivity index (χ0v) is 24.5. The molecule has 0 heterocycles. The van der Waals surface area contributed by atoms with Crippen LogP contribution in [-0.4, -0.2) is 23.3 Å². The third-order valence-corrected chi connectivity index (χ3v) is 16.0. The Bertz CT molecular complexity index is 1050. The molecule has 32 heavy (non-hydrogen) atoms. The molecule has 0 saturated heterocycles. The smallest absolute Gasteiger partial charge is 0.122 e. The molecule has 0 N–H and O–H groups in total. The maximum absolute atomic E-state index is 6.28. The van der Waals surface area contributed by atoms with E-state index in [4.69, 9.17) is 4.74 Å². The van der Waals surface area contributed by atoms with Crippen LogP contribution in [0.1, 0.15) is 62.4 Å². The van der Waals surface area contributed by atoms with Gasteiger partial charge in [0, 0.05) is 16.5 Å². The number of hydrogen-bond donors (Lipinski definition) is 0. The highest BCUT2D eigenvalue weighted by molar-refractivity contribution is 6.92. The van der Waals surface area contributed by atoms with Gasteiger partial charge in [0.2, 0.25) is 0 Å². The van der Waals surface area contributed by atoms with E-state index in [-0.39, 0.29) is 10.5 Å². The lowest BCUT2D eigenvalue weighted by Gasteiger charge is -2.42. The summed E-state index contributed by atoms with van der Waals surface area (Å²) in [6.07, 6.45) is 2.49. The lowest BCUT2D eigenvalue weighted by Crippen LogP contribution is -2.50. The molecule has 0 bridgehead atoms. The molecule has 0 fully saturated rings. The van der Waals surface area contributed by atoms with E-state index in [9.17, 15) is 0 Å². The van der Waals surface area contributed by atoms with Crippen LogP contribution in [0.25, 0.3) is 6.08 Å². The van der Waals surface area contributed by atoms with E-state index >= 15 is 0 Å². The van der Waals surface area contributed by atoms with E-state index in [0.717, 1.165) is 5.75 Å². The Morgan fingerprint density at radius 1 is 0.875 bits per heavy atom. The molecule has 0 aromatic heterocycles. The first-order chi connectivity index (χ1) is 14.5. The highest BCUT2D eigenvalue weighted by atomic mass is 28.3. The minimum absolute atomic E-state index is 0.113. The fourth-order valence-corrected chi connectivity index (χ4v) is 10.1. The number of fused-ring (bicyclic) bond motifs is 1. The van der Waals surface area contributed by atoms with E-state index in [0.29, 0.717) is 5.54 Å². The molecule has 2 aromatic rings. The van der Waals surface area contributed by atoms with Crippen molar-refractivity contribution >= 4 is 27.4 Å². The van der Waals surface area contributed by atoms with Gasteiger partial charge in [0.15, 0.2) is 0 Å². The molecular formula is C29H44OSi2. The van der Waals surface area contributed by atoms with Crippen molar-refractivity contribution in [3.63, 3.8) is 0 Å². The standard InChI is InChI=1S/C29H44OSi2/c1-20-17-23(26(30-7)25(18-20)32(11,12)28(2,3)4)29(5,6)24-19-21-15-13-14-16-22(21)27(24)31(8,9)10/h13-19,27H,1-12H3. The summed E-state index contributed by atoms with van der Waals surface area (Å²) in [6, 6.07) is 13.8. The number of methoxy groups -OCH3 is 1. The van der Waals surface area contributed by atoms with Crippen LogP contribution in [0.15, 0.2) is 42.0 Å². The normalized spacial score (nSPS) is 17.2. The number of benzene rings is 2. The Balaban J connectivity index is 2.28. The molecular weight excluding hydrogens is 420 g/mol. The summed E-state index contributed by atoms with van der Waals surface area (Å²) in [5.74, 6) is 1.12. The van der Waals surface area contributed by atoms with Crippen LogP contribution in [0, 0.1) is 6.92 Å². The number of rotatable bonds is 5. The van der Waals surface area contributed by atoms with E-state index in [1.54, 1.807) is 5.57 Å². The Kier molecular flexibility index (Phi) is 6.28. The third kappa shape index (κ3) is 4.07. The summed E-state index contributed by atoms with van der Waals surface area (Å²) in [4.78, 5) is 0. The van der Waals surface area contributed by atoms with Gasteiger partial charge in [-0.25, -0.2) is 0 Å². The molecule has 1 aliphatic carbocycles. The average Bonchev–Trinajstić information content (AvgIpc) is 3.07. The summed E-state index contributed by atoms with van der Waals surface area (Å²) < 4.78 is 6.28. The summed E-state index contributed by atoms with van der Waals surface area (Å²) in [5.41, 5.74) is 7.58. The molecule has 3 heteroatoms. The van der Waals surface area contributed by atoms with Crippen molar-refractivity contribution in [2.24, 2.45) is 0 Å². The molecule has 0 spiro atoms. The molecule has 0 aliphatic heterocycles. The van der Waals surface area contributed by atoms with Crippen LogP contribution in [0.3, 0.4) is 0 Å². The van der Waals surface area contributed by atoms with Crippen molar-refractivity contribution in [2.45, 2.75) is 90.3 Å². The van der Waals surface area contributed by atoms with Crippen LogP contribution in [0.2, 0.25) is 37.8 Å². The monoisotopic (exact) mass is 464 g/mol. The third-order valence-electron chi connectivity index (χ3n) is 8.18. The average molecular weight is 465 g/mol. The maximum Gasteiger partial charge on any atom is 0.122 e. The minimum atomic E-state index is -1.78. The van der Waals surface area contributed by atoms with Gasteiger partial charge in [0.1, 0.15) is 5.75 Å². The van der Waals surface area contributed by atoms with Gasteiger partial charge in [-0.05, 0) is 28.3 Å². The molecule has 1 unspecified atom stereocenters. The lowest BCUT2D eigenvalue weighted by molar-refractivity contribution is 0.402. The van der Waals surface area contributed by atoms with Crippen LogP contribution < -0.4 is 9.92 Å². The Hall–Kier alpha value is -1.59. The second-order valence-corrected chi connectivity index (χ2v) is 23.5. The summed E-state index contributed by atoms with van der Waals surface area (Å²) in [7, 11) is -1.41. The maximum atomic E-state index is 6.28. The van der Waals surface area contributed by atoms with Gasteiger partial charge < -0.3 is 4.74 Å². The Labute approximate surface area is 199 Å². The number of ether oxygens (including phenoxy) is 1. The SMILES string of the molecule is COc1c(C(C)(C)C2=Cc3ccccc3C2[Si](C)(C)C)cc(C)cc1[Si](C)(C)C(C)(C)C. The Morgan fingerprint density at radius 3 is 2.00 bits per heavy atom. The van der Waals surface area contributed by atoms with Gasteiger partial charge in [0.25, 0.3) is 0 Å². The molecule has 1 aliphatic rings. The minimum Gasteiger partial charge on any atom is -0.497 e. The van der Waals surface area contributed by atoms with Gasteiger partial charge in [-0.15, -0.1) is 0 Å². The largest absolute Gasteiger partial charge is 0.497 e. The molecule has 174 valence electrons. The molecule has 0 amide bonds. The molecule has 2 aromatic carbocycles. The van der Waals surface area contributed by atoms with Crippen molar-refractivity contribution in [3.05, 3.63) is 64.2 Å². The molecule has 0 radical (unpaired) electrons. The molecule has 1 atom stereocenters. The number of hydrogen-bond acceptors (Lipinski definition) is 1. The second kappa shape index (κ2) is 8.02. The second-order valence-electron chi connectivity index (χ2n) is 12.9. The van der Waals surface area contributed by atoms with Gasteiger partial charge in [0.05, 0.1) is 23.3 Å². The summed E-state index contributed by atoms with van der Waals surface area (Å²) in [5, 5.41) is 1.70. The van der Waals surface area contributed by atoms with Crippen molar-refractivity contribution in [2.75, 3.05) is 7.11 Å². The van der Waals surface area contributed by atoms with Crippen molar-refractivity contribution in [1.29, 1.82) is 0 Å². The zero-order valence-electron chi connectivity index (χ0n) is 22.5. The molecule has 1 nitrogen and oxygen atoms in total. The zero-order chi connectivity index (χ0) is 24.3. The fourth-order valence-electron chi connectivity index (χ4n) is 5.28. The highest BCUT2D eigenvalue weighted by Gasteiger charge is 2.45. The Morgan fingerprint density at radius 2 is 1.47 bits per heavy atom.